The first-order valence-corrected chi connectivity index (χ1v) is 5.37. The van der Waals surface area contributed by atoms with Gasteiger partial charge in [0.25, 0.3) is 0 Å². The van der Waals surface area contributed by atoms with Crippen molar-refractivity contribution in [2.45, 2.75) is 58.7 Å². The molecule has 0 aliphatic carbocycles. The van der Waals surface area contributed by atoms with Crippen LogP contribution in [-0.4, -0.2) is 29.7 Å². The van der Waals surface area contributed by atoms with Crippen LogP contribution >= 0.6 is 0 Å². The number of hydrogen-bond acceptors (Lipinski definition) is 3. The molecule has 84 valence electrons. The van der Waals surface area contributed by atoms with E-state index < -0.39 is 6.10 Å². The lowest BCUT2D eigenvalue weighted by Crippen LogP contribution is -2.19. The lowest BCUT2D eigenvalue weighted by atomic mass is 10.1. The second-order valence-corrected chi connectivity index (χ2v) is 3.86. The van der Waals surface area contributed by atoms with Gasteiger partial charge in [-0.3, -0.25) is 4.79 Å². The summed E-state index contributed by atoms with van der Waals surface area (Å²) in [6, 6.07) is 0. The standard InChI is InChI=1S/C11H22O3/c1-4-5-10(12)6-7-11(13)8-14-9(2)3/h9,11,13H,4-8H2,1-3H3. The minimum Gasteiger partial charge on any atom is -0.391 e. The van der Waals surface area contributed by atoms with Crippen molar-refractivity contribution in [1.82, 2.24) is 0 Å². The molecule has 1 N–H and O–H groups in total. The zero-order valence-corrected chi connectivity index (χ0v) is 9.45. The third kappa shape index (κ3) is 8.20. The maximum Gasteiger partial charge on any atom is 0.133 e. The third-order valence-corrected chi connectivity index (χ3v) is 1.91. The highest BCUT2D eigenvalue weighted by Crippen LogP contribution is 2.03. The number of aliphatic hydroxyl groups excluding tert-OH is 1. The van der Waals surface area contributed by atoms with E-state index in [9.17, 15) is 9.90 Å². The molecular weight excluding hydrogens is 180 g/mol. The van der Waals surface area contributed by atoms with E-state index in [2.05, 4.69) is 0 Å². The van der Waals surface area contributed by atoms with Gasteiger partial charge in [0.1, 0.15) is 5.78 Å². The average molecular weight is 202 g/mol. The molecule has 1 unspecified atom stereocenters. The number of hydrogen-bond donors (Lipinski definition) is 1. The van der Waals surface area contributed by atoms with Gasteiger partial charge in [-0.25, -0.2) is 0 Å². The predicted molar refractivity (Wildman–Crippen MR) is 56.2 cm³/mol. The minimum atomic E-state index is -0.502. The number of carbonyl (C=O) groups is 1. The molecule has 0 aromatic heterocycles. The maximum atomic E-state index is 11.1. The van der Waals surface area contributed by atoms with Gasteiger partial charge in [0, 0.05) is 12.8 Å². The molecule has 0 aliphatic rings. The summed E-state index contributed by atoms with van der Waals surface area (Å²) in [7, 11) is 0. The van der Waals surface area contributed by atoms with E-state index in [0.717, 1.165) is 6.42 Å². The number of aliphatic hydroxyl groups is 1. The van der Waals surface area contributed by atoms with E-state index in [1.165, 1.54) is 0 Å². The van der Waals surface area contributed by atoms with E-state index in [0.29, 0.717) is 25.9 Å². The largest absolute Gasteiger partial charge is 0.391 e. The molecule has 0 rings (SSSR count). The molecule has 0 spiro atoms. The summed E-state index contributed by atoms with van der Waals surface area (Å²) in [5.41, 5.74) is 0. The summed E-state index contributed by atoms with van der Waals surface area (Å²) in [6.07, 6.45) is 2.13. The first-order chi connectivity index (χ1) is 6.56. The van der Waals surface area contributed by atoms with Crippen LogP contribution in [0.1, 0.15) is 46.5 Å². The lowest BCUT2D eigenvalue weighted by molar-refractivity contribution is -0.119. The van der Waals surface area contributed by atoms with Crippen LogP contribution in [0, 0.1) is 0 Å². The Morgan fingerprint density at radius 3 is 2.50 bits per heavy atom. The lowest BCUT2D eigenvalue weighted by Gasteiger charge is -2.12. The van der Waals surface area contributed by atoms with Crippen LogP contribution in [0.4, 0.5) is 0 Å². The van der Waals surface area contributed by atoms with E-state index in [1.54, 1.807) is 0 Å². The van der Waals surface area contributed by atoms with Gasteiger partial charge < -0.3 is 9.84 Å². The highest BCUT2D eigenvalue weighted by atomic mass is 16.5. The van der Waals surface area contributed by atoms with Crippen LogP contribution in [0.25, 0.3) is 0 Å². The molecule has 3 nitrogen and oxygen atoms in total. The van der Waals surface area contributed by atoms with E-state index in [1.807, 2.05) is 20.8 Å². The molecule has 0 bridgehead atoms. The van der Waals surface area contributed by atoms with Gasteiger partial charge >= 0.3 is 0 Å². The highest BCUT2D eigenvalue weighted by Gasteiger charge is 2.08. The predicted octanol–water partition coefficient (Wildman–Crippen LogP) is 1.92. The quantitative estimate of drug-likeness (QED) is 0.654. The fraction of sp³-hybridized carbons (Fsp3) is 0.909. The normalized spacial score (nSPS) is 13.2. The highest BCUT2D eigenvalue weighted by molar-refractivity contribution is 5.78. The molecule has 1 atom stereocenters. The third-order valence-electron chi connectivity index (χ3n) is 1.91. The van der Waals surface area contributed by atoms with E-state index >= 15 is 0 Å². The molecule has 3 heteroatoms. The summed E-state index contributed by atoms with van der Waals surface area (Å²) in [5.74, 6) is 0.232. The molecule has 0 aromatic carbocycles. The van der Waals surface area contributed by atoms with Gasteiger partial charge in [-0.1, -0.05) is 6.92 Å². The number of Topliss-reactive ketones (excluding diaryl/α,β-unsaturated/α-hetero) is 1. The van der Waals surface area contributed by atoms with Crippen molar-refractivity contribution in [3.63, 3.8) is 0 Å². The molecule has 0 saturated heterocycles. The van der Waals surface area contributed by atoms with Crippen molar-refractivity contribution in [3.8, 4) is 0 Å². The van der Waals surface area contributed by atoms with Crippen molar-refractivity contribution < 1.29 is 14.6 Å². The number of ether oxygens (including phenoxy) is 1. The van der Waals surface area contributed by atoms with Crippen molar-refractivity contribution >= 4 is 5.78 Å². The second kappa shape index (κ2) is 7.94. The number of ketones is 1. The van der Waals surface area contributed by atoms with Gasteiger partial charge in [-0.2, -0.15) is 0 Å². The molecule has 0 aliphatic heterocycles. The molecule has 0 heterocycles. The number of rotatable bonds is 8. The second-order valence-electron chi connectivity index (χ2n) is 3.86. The Hall–Kier alpha value is -0.410. The first kappa shape index (κ1) is 13.6. The Labute approximate surface area is 86.5 Å². The molecule has 0 amide bonds. The molecule has 0 fully saturated rings. The van der Waals surface area contributed by atoms with Gasteiger partial charge in [0.05, 0.1) is 18.8 Å². The number of carbonyl (C=O) groups excluding carboxylic acids is 1. The summed E-state index contributed by atoms with van der Waals surface area (Å²) >= 11 is 0. The van der Waals surface area contributed by atoms with Gasteiger partial charge in [-0.05, 0) is 26.7 Å². The van der Waals surface area contributed by atoms with Crippen molar-refractivity contribution in [2.24, 2.45) is 0 Å². The summed E-state index contributed by atoms with van der Waals surface area (Å²) in [5, 5.41) is 9.44. The van der Waals surface area contributed by atoms with Crippen LogP contribution in [-0.2, 0) is 9.53 Å². The molecule has 0 radical (unpaired) electrons. The van der Waals surface area contributed by atoms with Crippen molar-refractivity contribution in [1.29, 1.82) is 0 Å². The van der Waals surface area contributed by atoms with Crippen LogP contribution in [0.2, 0.25) is 0 Å². The smallest absolute Gasteiger partial charge is 0.133 e. The SMILES string of the molecule is CCCC(=O)CCC(O)COC(C)C. The zero-order chi connectivity index (χ0) is 11.0. The fourth-order valence-corrected chi connectivity index (χ4v) is 1.12. The Morgan fingerprint density at radius 2 is 2.00 bits per heavy atom. The summed E-state index contributed by atoms with van der Waals surface area (Å²) < 4.78 is 5.23. The van der Waals surface area contributed by atoms with E-state index in [4.69, 9.17) is 4.74 Å². The van der Waals surface area contributed by atoms with Gasteiger partial charge in [0.15, 0.2) is 0 Å². The summed E-state index contributed by atoms with van der Waals surface area (Å²) in [6.45, 7) is 6.16. The van der Waals surface area contributed by atoms with Crippen LogP contribution in [0.3, 0.4) is 0 Å². The van der Waals surface area contributed by atoms with Gasteiger partial charge in [0.2, 0.25) is 0 Å². The molecule has 14 heavy (non-hydrogen) atoms. The average Bonchev–Trinajstić information content (AvgIpc) is 2.12. The summed E-state index contributed by atoms with van der Waals surface area (Å²) in [4.78, 5) is 11.1. The van der Waals surface area contributed by atoms with Crippen LogP contribution in [0.15, 0.2) is 0 Å². The zero-order valence-electron chi connectivity index (χ0n) is 9.45. The maximum absolute atomic E-state index is 11.1. The fourth-order valence-electron chi connectivity index (χ4n) is 1.12. The Morgan fingerprint density at radius 1 is 1.36 bits per heavy atom. The van der Waals surface area contributed by atoms with Crippen molar-refractivity contribution in [3.05, 3.63) is 0 Å². The van der Waals surface area contributed by atoms with Crippen LogP contribution in [0.5, 0.6) is 0 Å². The topological polar surface area (TPSA) is 46.5 Å². The Kier molecular flexibility index (Phi) is 7.71. The van der Waals surface area contributed by atoms with Crippen molar-refractivity contribution in [2.75, 3.05) is 6.61 Å². The monoisotopic (exact) mass is 202 g/mol. The Bertz CT molecular complexity index is 155. The molecule has 0 aromatic rings. The molecular formula is C11H22O3. The minimum absolute atomic E-state index is 0.135. The van der Waals surface area contributed by atoms with E-state index in [-0.39, 0.29) is 11.9 Å². The molecule has 0 saturated carbocycles. The van der Waals surface area contributed by atoms with Crippen LogP contribution < -0.4 is 0 Å². The Balaban J connectivity index is 3.43. The van der Waals surface area contributed by atoms with Gasteiger partial charge in [-0.15, -0.1) is 0 Å². The first-order valence-electron chi connectivity index (χ1n) is 5.37.